The maximum absolute atomic E-state index is 13.9. The van der Waals surface area contributed by atoms with Gasteiger partial charge in [-0.1, -0.05) is 0 Å². The monoisotopic (exact) mass is 306 g/mol. The van der Waals surface area contributed by atoms with E-state index in [-0.39, 0.29) is 6.54 Å². The second kappa shape index (κ2) is 4.97. The number of aliphatic carboxylic acids is 1. The van der Waals surface area contributed by atoms with Gasteiger partial charge in [-0.15, -0.1) is 0 Å². The molecule has 21 heavy (non-hydrogen) atoms. The molecule has 9 heteroatoms. The minimum absolute atomic E-state index is 0.270. The quantitative estimate of drug-likeness (QED) is 0.845. The summed E-state index contributed by atoms with van der Waals surface area (Å²) in [6.45, 7) is -1.05. The number of amides is 1. The average Bonchev–Trinajstić information content (AvgIpc) is 2.81. The van der Waals surface area contributed by atoms with E-state index in [9.17, 15) is 27.2 Å². The van der Waals surface area contributed by atoms with Crippen molar-refractivity contribution in [2.45, 2.75) is 18.3 Å². The Bertz CT molecular complexity index is 590. The van der Waals surface area contributed by atoms with Crippen molar-refractivity contribution < 1.29 is 32.3 Å². The van der Waals surface area contributed by atoms with E-state index in [1.165, 1.54) is 0 Å². The van der Waals surface area contributed by atoms with Crippen LogP contribution < -0.4 is 0 Å². The Balaban J connectivity index is 2.29. The van der Waals surface area contributed by atoms with Crippen LogP contribution in [0.3, 0.4) is 0 Å². The number of hydrogen-bond donors (Lipinski definition) is 1. The van der Waals surface area contributed by atoms with E-state index in [2.05, 4.69) is 4.98 Å². The number of likely N-dealkylation sites (tertiary alicyclic amines) is 1. The predicted octanol–water partition coefficient (Wildman–Crippen LogP) is 1.74. The van der Waals surface area contributed by atoms with Gasteiger partial charge in [0.05, 0.1) is 12.1 Å². The molecule has 0 saturated carbocycles. The van der Waals surface area contributed by atoms with Crippen LogP contribution in [-0.4, -0.2) is 45.6 Å². The number of aromatic nitrogens is 1. The van der Waals surface area contributed by atoms with Gasteiger partial charge in [0.2, 0.25) is 5.67 Å². The predicted molar refractivity (Wildman–Crippen MR) is 61.2 cm³/mol. The van der Waals surface area contributed by atoms with Crippen LogP contribution >= 0.6 is 0 Å². The van der Waals surface area contributed by atoms with E-state index in [1.807, 2.05) is 0 Å². The lowest BCUT2D eigenvalue weighted by atomic mass is 10.1. The highest BCUT2D eigenvalue weighted by atomic mass is 19.4. The Hall–Kier alpha value is -2.19. The molecule has 1 fully saturated rings. The van der Waals surface area contributed by atoms with E-state index < -0.39 is 47.9 Å². The second-order valence-electron chi connectivity index (χ2n) is 4.64. The zero-order valence-electron chi connectivity index (χ0n) is 10.5. The Labute approximate surface area is 116 Å². The van der Waals surface area contributed by atoms with Gasteiger partial charge in [0.1, 0.15) is 0 Å². The molecule has 1 aromatic heterocycles. The number of rotatable bonds is 2. The minimum Gasteiger partial charge on any atom is -0.479 e. The van der Waals surface area contributed by atoms with Crippen molar-refractivity contribution in [3.8, 4) is 0 Å². The number of halogens is 4. The average molecular weight is 306 g/mol. The van der Waals surface area contributed by atoms with Crippen LogP contribution in [0.5, 0.6) is 0 Å². The van der Waals surface area contributed by atoms with Crippen LogP contribution in [0.25, 0.3) is 0 Å². The summed E-state index contributed by atoms with van der Waals surface area (Å²) in [5.41, 5.74) is -4.72. The number of carboxylic acids is 1. The highest BCUT2D eigenvalue weighted by Gasteiger charge is 2.48. The van der Waals surface area contributed by atoms with Crippen LogP contribution in [0, 0.1) is 0 Å². The van der Waals surface area contributed by atoms with Gasteiger partial charge in [-0.2, -0.15) is 13.2 Å². The maximum atomic E-state index is 13.9. The smallest absolute Gasteiger partial charge is 0.434 e. The lowest BCUT2D eigenvalue weighted by Gasteiger charge is -2.19. The summed E-state index contributed by atoms with van der Waals surface area (Å²) in [7, 11) is 0. The molecule has 0 bridgehead atoms. The first-order valence-corrected chi connectivity index (χ1v) is 5.89. The van der Waals surface area contributed by atoms with Crippen molar-refractivity contribution in [3.05, 3.63) is 29.6 Å². The van der Waals surface area contributed by atoms with Gasteiger partial charge < -0.3 is 10.0 Å². The molecule has 0 spiro atoms. The third kappa shape index (κ3) is 2.81. The zero-order chi connectivity index (χ0) is 15.8. The number of carbonyl (C=O) groups excluding carboxylic acids is 1. The molecule has 0 aliphatic carbocycles. The number of pyridine rings is 1. The maximum Gasteiger partial charge on any atom is 0.434 e. The summed E-state index contributed by atoms with van der Waals surface area (Å²) < 4.78 is 52.2. The lowest BCUT2D eigenvalue weighted by molar-refractivity contribution is -0.149. The first-order chi connectivity index (χ1) is 9.65. The fourth-order valence-corrected chi connectivity index (χ4v) is 2.09. The number of carboxylic acid groups (broad SMARTS) is 1. The van der Waals surface area contributed by atoms with Crippen molar-refractivity contribution >= 4 is 11.9 Å². The van der Waals surface area contributed by atoms with Crippen molar-refractivity contribution in [2.24, 2.45) is 0 Å². The summed E-state index contributed by atoms with van der Waals surface area (Å²) in [5.74, 6) is -2.82. The highest BCUT2D eigenvalue weighted by Crippen LogP contribution is 2.32. The molecule has 5 nitrogen and oxygen atoms in total. The molecule has 2 heterocycles. The molecule has 0 aromatic carbocycles. The fourth-order valence-electron chi connectivity index (χ4n) is 2.09. The second-order valence-corrected chi connectivity index (χ2v) is 4.64. The molecule has 1 aliphatic heterocycles. The fraction of sp³-hybridized carbons (Fsp3) is 0.417. The number of alkyl halides is 4. The van der Waals surface area contributed by atoms with Crippen molar-refractivity contribution in [1.29, 1.82) is 0 Å². The zero-order valence-corrected chi connectivity index (χ0v) is 10.5. The molecular weight excluding hydrogens is 296 g/mol. The van der Waals surface area contributed by atoms with E-state index in [1.54, 1.807) is 0 Å². The summed E-state index contributed by atoms with van der Waals surface area (Å²) in [6, 6.07) is 2.08. The van der Waals surface area contributed by atoms with E-state index in [0.29, 0.717) is 0 Å². The third-order valence-corrected chi connectivity index (χ3v) is 3.20. The summed E-state index contributed by atoms with van der Waals surface area (Å²) in [6.07, 6.45) is -4.40. The van der Waals surface area contributed by atoms with E-state index in [0.717, 1.165) is 23.2 Å². The van der Waals surface area contributed by atoms with Crippen molar-refractivity contribution in [2.75, 3.05) is 13.1 Å². The van der Waals surface area contributed by atoms with E-state index in [4.69, 9.17) is 5.11 Å². The van der Waals surface area contributed by atoms with Gasteiger partial charge in [-0.3, -0.25) is 9.78 Å². The van der Waals surface area contributed by atoms with Gasteiger partial charge in [0.15, 0.2) is 5.69 Å². The molecule has 0 radical (unpaired) electrons. The molecule has 1 unspecified atom stereocenters. The number of hydrogen-bond acceptors (Lipinski definition) is 3. The summed E-state index contributed by atoms with van der Waals surface area (Å²) in [4.78, 5) is 26.7. The molecule has 1 N–H and O–H groups in total. The Morgan fingerprint density at radius 3 is 2.57 bits per heavy atom. The number of nitrogens with zero attached hydrogens (tertiary/aromatic N) is 2. The van der Waals surface area contributed by atoms with Crippen LogP contribution in [-0.2, 0) is 11.0 Å². The van der Waals surface area contributed by atoms with Crippen LogP contribution in [0.15, 0.2) is 18.3 Å². The SMILES string of the molecule is O=C(c1cccnc1C(F)(F)F)N1CCC(F)(C(=O)O)C1. The molecule has 1 aromatic rings. The number of carbonyl (C=O) groups is 2. The van der Waals surface area contributed by atoms with Crippen LogP contribution in [0.1, 0.15) is 22.5 Å². The normalized spacial score (nSPS) is 22.4. The van der Waals surface area contributed by atoms with Gasteiger partial charge in [0, 0.05) is 19.2 Å². The van der Waals surface area contributed by atoms with Gasteiger partial charge in [-0.25, -0.2) is 9.18 Å². The Kier molecular flexibility index (Phi) is 3.60. The molecule has 114 valence electrons. The van der Waals surface area contributed by atoms with E-state index >= 15 is 0 Å². The molecule has 1 atom stereocenters. The molecule has 1 saturated heterocycles. The minimum atomic E-state index is -4.83. The summed E-state index contributed by atoms with van der Waals surface area (Å²) in [5, 5.41) is 8.72. The van der Waals surface area contributed by atoms with Gasteiger partial charge in [-0.05, 0) is 12.1 Å². The first kappa shape index (κ1) is 15.2. The molecule has 1 amide bonds. The van der Waals surface area contributed by atoms with Gasteiger partial charge >= 0.3 is 12.1 Å². The van der Waals surface area contributed by atoms with Gasteiger partial charge in [0.25, 0.3) is 5.91 Å². The van der Waals surface area contributed by atoms with Crippen molar-refractivity contribution in [3.63, 3.8) is 0 Å². The Morgan fingerprint density at radius 1 is 1.38 bits per heavy atom. The Morgan fingerprint density at radius 2 is 2.05 bits per heavy atom. The topological polar surface area (TPSA) is 70.5 Å². The van der Waals surface area contributed by atoms with Crippen LogP contribution in [0.4, 0.5) is 17.6 Å². The molecule has 1 aliphatic rings. The van der Waals surface area contributed by atoms with Crippen LogP contribution in [0.2, 0.25) is 0 Å². The molecular formula is C12H10F4N2O3. The highest BCUT2D eigenvalue weighted by molar-refractivity contribution is 5.96. The largest absolute Gasteiger partial charge is 0.479 e. The molecule has 2 rings (SSSR count). The van der Waals surface area contributed by atoms with Crippen molar-refractivity contribution in [1.82, 2.24) is 9.88 Å². The lowest BCUT2D eigenvalue weighted by Crippen LogP contribution is -2.39. The first-order valence-electron chi connectivity index (χ1n) is 5.89. The summed E-state index contributed by atoms with van der Waals surface area (Å²) >= 11 is 0. The third-order valence-electron chi connectivity index (χ3n) is 3.20. The standard InChI is InChI=1S/C12H10F4N2O3/c13-11(10(20)21)3-5-18(6-11)9(19)7-2-1-4-17-8(7)12(14,15)16/h1-2,4H,3,5-6H2,(H,20,21).